The van der Waals surface area contributed by atoms with Crippen LogP contribution in [0.3, 0.4) is 0 Å². The normalized spacial score (nSPS) is 23.8. The number of carbonyl (C=O) groups excluding carboxylic acids is 2. The Morgan fingerprint density at radius 1 is 1.58 bits per heavy atom. The molecule has 1 radical (unpaired) electrons. The molecule has 67 valence electrons. The smallest absolute Gasteiger partial charge is 0.240 e. The predicted octanol–water partition coefficient (Wildman–Crippen LogP) is -0.313. The zero-order valence-electron chi connectivity index (χ0n) is 7.12. The second-order valence-corrected chi connectivity index (χ2v) is 2.94. The minimum absolute atomic E-state index is 0.0882. The second kappa shape index (κ2) is 3.56. The quantitative estimate of drug-likeness (QED) is 0.585. The maximum atomic E-state index is 11.0. The van der Waals surface area contributed by atoms with Gasteiger partial charge in [0.15, 0.2) is 0 Å². The van der Waals surface area contributed by atoms with E-state index < -0.39 is 11.9 Å². The predicted molar refractivity (Wildman–Crippen MR) is 43.9 cm³/mol. The minimum Gasteiger partial charge on any atom is -0.368 e. The standard InChI is InChI=1S/C8H13N2O2/c1-6(11)10-5-3-2-4-7(10)8(9)12/h4,7H,2-3,5H2,1H3,(H2,9,12)/t7-/m0/s1. The van der Waals surface area contributed by atoms with E-state index in [1.54, 1.807) is 6.42 Å². The highest BCUT2D eigenvalue weighted by molar-refractivity contribution is 5.87. The zero-order valence-corrected chi connectivity index (χ0v) is 7.12. The first kappa shape index (κ1) is 9.03. The van der Waals surface area contributed by atoms with Gasteiger partial charge in [0, 0.05) is 13.5 Å². The summed E-state index contributed by atoms with van der Waals surface area (Å²) in [5, 5.41) is 0. The molecule has 0 aromatic heterocycles. The summed E-state index contributed by atoms with van der Waals surface area (Å²) in [6.07, 6.45) is 3.58. The molecule has 2 amide bonds. The van der Waals surface area contributed by atoms with Crippen molar-refractivity contribution in [1.29, 1.82) is 0 Å². The Kier molecular flexibility index (Phi) is 2.68. The van der Waals surface area contributed by atoms with Gasteiger partial charge in [-0.15, -0.1) is 0 Å². The first-order valence-corrected chi connectivity index (χ1v) is 4.03. The van der Waals surface area contributed by atoms with Gasteiger partial charge in [0.1, 0.15) is 6.04 Å². The van der Waals surface area contributed by atoms with Crippen molar-refractivity contribution < 1.29 is 9.59 Å². The van der Waals surface area contributed by atoms with E-state index in [0.29, 0.717) is 6.54 Å². The van der Waals surface area contributed by atoms with Crippen LogP contribution in [0.15, 0.2) is 0 Å². The molecular weight excluding hydrogens is 156 g/mol. The van der Waals surface area contributed by atoms with E-state index in [1.807, 2.05) is 0 Å². The molecular formula is C8H13N2O2. The molecule has 0 aliphatic carbocycles. The minimum atomic E-state index is -0.490. The number of primary amides is 1. The maximum absolute atomic E-state index is 11.0. The molecule has 2 N–H and O–H groups in total. The topological polar surface area (TPSA) is 63.4 Å². The summed E-state index contributed by atoms with van der Waals surface area (Å²) >= 11 is 0. The Bertz CT molecular complexity index is 181. The number of hydrogen-bond acceptors (Lipinski definition) is 2. The molecule has 0 aromatic rings. The van der Waals surface area contributed by atoms with E-state index in [9.17, 15) is 9.59 Å². The molecule has 0 spiro atoms. The van der Waals surface area contributed by atoms with E-state index in [1.165, 1.54) is 11.8 Å². The van der Waals surface area contributed by atoms with Gasteiger partial charge in [0.05, 0.1) is 0 Å². The highest BCUT2D eigenvalue weighted by atomic mass is 16.2. The summed E-state index contributed by atoms with van der Waals surface area (Å²) in [4.78, 5) is 23.4. The molecule has 4 heteroatoms. The van der Waals surface area contributed by atoms with Crippen LogP contribution in [0.5, 0.6) is 0 Å². The summed E-state index contributed by atoms with van der Waals surface area (Å²) in [7, 11) is 0. The Balaban J connectivity index is 2.67. The number of piperidine rings is 1. The molecule has 0 bridgehead atoms. The lowest BCUT2D eigenvalue weighted by atomic mass is 10.0. The largest absolute Gasteiger partial charge is 0.368 e. The lowest BCUT2D eigenvalue weighted by Gasteiger charge is -2.32. The number of likely N-dealkylation sites (tertiary alicyclic amines) is 1. The number of nitrogens with zero attached hydrogens (tertiary/aromatic N) is 1. The van der Waals surface area contributed by atoms with Crippen LogP contribution in [-0.2, 0) is 9.59 Å². The molecule has 1 aliphatic rings. The first-order valence-electron chi connectivity index (χ1n) is 4.03. The Morgan fingerprint density at radius 3 is 2.67 bits per heavy atom. The summed E-state index contributed by atoms with van der Waals surface area (Å²) in [6, 6.07) is -0.490. The molecule has 1 heterocycles. The van der Waals surface area contributed by atoms with Gasteiger partial charge in [-0.05, 0) is 19.3 Å². The van der Waals surface area contributed by atoms with Crippen molar-refractivity contribution in [3.8, 4) is 0 Å². The Hall–Kier alpha value is -1.06. The molecule has 0 aromatic carbocycles. The van der Waals surface area contributed by atoms with Gasteiger partial charge in [0.25, 0.3) is 0 Å². The average molecular weight is 169 g/mol. The van der Waals surface area contributed by atoms with E-state index in [0.717, 1.165) is 12.8 Å². The van der Waals surface area contributed by atoms with Gasteiger partial charge in [-0.2, -0.15) is 0 Å². The van der Waals surface area contributed by atoms with Gasteiger partial charge in [0.2, 0.25) is 11.8 Å². The third-order valence-electron chi connectivity index (χ3n) is 2.02. The van der Waals surface area contributed by atoms with Crippen LogP contribution in [0.2, 0.25) is 0 Å². The fourth-order valence-corrected chi connectivity index (χ4v) is 1.43. The van der Waals surface area contributed by atoms with Crippen LogP contribution in [0, 0.1) is 6.42 Å². The maximum Gasteiger partial charge on any atom is 0.240 e. The SMILES string of the molecule is CC(=O)N1CCC[CH][C@H]1C(N)=O. The van der Waals surface area contributed by atoms with Crippen molar-refractivity contribution >= 4 is 11.8 Å². The summed E-state index contributed by atoms with van der Waals surface area (Å²) in [6.45, 7) is 2.09. The summed E-state index contributed by atoms with van der Waals surface area (Å²) in [5.74, 6) is -0.528. The molecule has 0 unspecified atom stereocenters. The van der Waals surface area contributed by atoms with Crippen LogP contribution in [0.1, 0.15) is 19.8 Å². The molecule has 1 atom stereocenters. The van der Waals surface area contributed by atoms with Crippen LogP contribution in [-0.4, -0.2) is 29.3 Å². The lowest BCUT2D eigenvalue weighted by molar-refractivity contribution is -0.137. The average Bonchev–Trinajstić information content (AvgIpc) is 2.04. The third kappa shape index (κ3) is 1.75. The molecule has 12 heavy (non-hydrogen) atoms. The van der Waals surface area contributed by atoms with Crippen molar-refractivity contribution in [3.63, 3.8) is 0 Å². The fraction of sp³-hybridized carbons (Fsp3) is 0.625. The Morgan fingerprint density at radius 2 is 2.25 bits per heavy atom. The van der Waals surface area contributed by atoms with Crippen molar-refractivity contribution in [2.75, 3.05) is 6.54 Å². The molecule has 1 aliphatic heterocycles. The number of carbonyl (C=O) groups is 2. The van der Waals surface area contributed by atoms with E-state index >= 15 is 0 Å². The summed E-state index contributed by atoms with van der Waals surface area (Å²) in [5.41, 5.74) is 5.13. The number of rotatable bonds is 1. The van der Waals surface area contributed by atoms with E-state index in [-0.39, 0.29) is 5.91 Å². The Labute approximate surface area is 71.7 Å². The molecule has 1 rings (SSSR count). The zero-order chi connectivity index (χ0) is 9.14. The van der Waals surface area contributed by atoms with Crippen LogP contribution in [0.25, 0.3) is 0 Å². The van der Waals surface area contributed by atoms with Crippen molar-refractivity contribution in [1.82, 2.24) is 4.90 Å². The highest BCUT2D eigenvalue weighted by Gasteiger charge is 2.28. The van der Waals surface area contributed by atoms with Crippen LogP contribution in [0.4, 0.5) is 0 Å². The van der Waals surface area contributed by atoms with Crippen molar-refractivity contribution in [2.45, 2.75) is 25.8 Å². The van der Waals surface area contributed by atoms with E-state index in [4.69, 9.17) is 5.73 Å². The third-order valence-corrected chi connectivity index (χ3v) is 2.02. The van der Waals surface area contributed by atoms with Gasteiger partial charge >= 0.3 is 0 Å². The summed E-state index contributed by atoms with van der Waals surface area (Å²) < 4.78 is 0. The highest BCUT2D eigenvalue weighted by Crippen LogP contribution is 2.15. The lowest BCUT2D eigenvalue weighted by Crippen LogP contribution is -2.50. The monoisotopic (exact) mass is 169 g/mol. The second-order valence-electron chi connectivity index (χ2n) is 2.94. The molecule has 1 fully saturated rings. The fourth-order valence-electron chi connectivity index (χ4n) is 1.43. The number of hydrogen-bond donors (Lipinski definition) is 1. The van der Waals surface area contributed by atoms with Crippen LogP contribution >= 0.6 is 0 Å². The van der Waals surface area contributed by atoms with E-state index in [2.05, 4.69) is 0 Å². The molecule has 1 saturated heterocycles. The van der Waals surface area contributed by atoms with Crippen molar-refractivity contribution in [2.24, 2.45) is 5.73 Å². The molecule has 4 nitrogen and oxygen atoms in total. The van der Waals surface area contributed by atoms with Crippen molar-refractivity contribution in [3.05, 3.63) is 6.42 Å². The first-order chi connectivity index (χ1) is 5.63. The molecule has 0 saturated carbocycles. The van der Waals surface area contributed by atoms with Crippen LogP contribution < -0.4 is 5.73 Å². The van der Waals surface area contributed by atoms with Gasteiger partial charge in [-0.3, -0.25) is 9.59 Å². The van der Waals surface area contributed by atoms with Gasteiger partial charge < -0.3 is 10.6 Å². The van der Waals surface area contributed by atoms with Gasteiger partial charge in [-0.1, -0.05) is 0 Å². The van der Waals surface area contributed by atoms with Gasteiger partial charge in [-0.25, -0.2) is 0 Å². The number of amides is 2. The number of nitrogens with two attached hydrogens (primary N) is 1.